The number of amides is 1. The highest BCUT2D eigenvalue weighted by Gasteiger charge is 2.48. The summed E-state index contributed by atoms with van der Waals surface area (Å²) in [6.07, 6.45) is 0. The zero-order chi connectivity index (χ0) is 25.7. The summed E-state index contributed by atoms with van der Waals surface area (Å²) in [5, 5.41) is 22.0. The van der Waals surface area contributed by atoms with Crippen LogP contribution in [0.2, 0.25) is 0 Å². The molecule has 4 aromatic rings. The van der Waals surface area contributed by atoms with Crippen molar-refractivity contribution in [1.82, 2.24) is 4.98 Å². The van der Waals surface area contributed by atoms with Crippen LogP contribution in [0, 0.1) is 13.8 Å². The molecule has 9 heteroatoms. The predicted molar refractivity (Wildman–Crippen MR) is 143 cm³/mol. The predicted octanol–water partition coefficient (Wildman–Crippen LogP) is 6.02. The van der Waals surface area contributed by atoms with E-state index in [1.165, 1.54) is 23.3 Å². The average molecular weight is 565 g/mol. The molecule has 7 nitrogen and oxygen atoms in total. The number of aliphatic hydroxyl groups is 1. The van der Waals surface area contributed by atoms with Crippen molar-refractivity contribution < 1.29 is 24.5 Å². The van der Waals surface area contributed by atoms with Gasteiger partial charge < -0.3 is 14.9 Å². The van der Waals surface area contributed by atoms with Crippen LogP contribution < -0.4 is 9.64 Å². The molecular weight excluding hydrogens is 544 g/mol. The SMILES string of the molecule is COc1cc(C2/C(=C(\O)c3ccc(C)cc3)C(=O)C(=O)N2c2nc3ccc(C)cc3s2)cc(Br)c1O. The fraction of sp³-hybridized carbons (Fsp3) is 0.148. The Kier molecular flexibility index (Phi) is 6.05. The first-order chi connectivity index (χ1) is 17.2. The Hall–Kier alpha value is -3.69. The number of phenols is 1. The number of thiazole rings is 1. The summed E-state index contributed by atoms with van der Waals surface area (Å²) in [6, 6.07) is 14.9. The number of ether oxygens (including phenoxy) is 1. The molecule has 1 aliphatic rings. The number of aryl methyl sites for hydroxylation is 2. The summed E-state index contributed by atoms with van der Waals surface area (Å²) in [5.74, 6) is -1.88. The van der Waals surface area contributed by atoms with Gasteiger partial charge in [0.2, 0.25) is 0 Å². The second-order valence-corrected chi connectivity index (χ2v) is 10.4. The van der Waals surface area contributed by atoms with E-state index in [0.717, 1.165) is 15.8 Å². The normalized spacial score (nSPS) is 17.2. The number of aromatic nitrogens is 1. The lowest BCUT2D eigenvalue weighted by molar-refractivity contribution is -0.132. The minimum atomic E-state index is -1.00. The molecule has 1 unspecified atom stereocenters. The number of phenolic OH excluding ortho intramolecular Hbond substituents is 1. The van der Waals surface area contributed by atoms with Gasteiger partial charge in [0.25, 0.3) is 5.78 Å². The van der Waals surface area contributed by atoms with Crippen LogP contribution in [0.25, 0.3) is 16.0 Å². The van der Waals surface area contributed by atoms with Crippen molar-refractivity contribution in [3.05, 3.63) is 86.9 Å². The molecule has 3 aromatic carbocycles. The number of carbonyl (C=O) groups excluding carboxylic acids is 2. The van der Waals surface area contributed by atoms with Crippen molar-refractivity contribution in [2.75, 3.05) is 12.0 Å². The number of nitrogens with zero attached hydrogens (tertiary/aromatic N) is 2. The number of aromatic hydroxyl groups is 1. The summed E-state index contributed by atoms with van der Waals surface area (Å²) >= 11 is 4.61. The Morgan fingerprint density at radius 2 is 1.75 bits per heavy atom. The van der Waals surface area contributed by atoms with Gasteiger partial charge in [-0.1, -0.05) is 47.2 Å². The van der Waals surface area contributed by atoms with Gasteiger partial charge in [-0.2, -0.15) is 0 Å². The van der Waals surface area contributed by atoms with Crippen molar-refractivity contribution in [1.29, 1.82) is 0 Å². The average Bonchev–Trinajstić information content (AvgIpc) is 3.38. The van der Waals surface area contributed by atoms with Crippen LogP contribution in [0.5, 0.6) is 11.5 Å². The third kappa shape index (κ3) is 3.94. The lowest BCUT2D eigenvalue weighted by atomic mass is 9.95. The number of ketones is 1. The number of methoxy groups -OCH3 is 1. The van der Waals surface area contributed by atoms with Gasteiger partial charge in [-0.25, -0.2) is 4.98 Å². The van der Waals surface area contributed by atoms with Crippen LogP contribution in [0.3, 0.4) is 0 Å². The summed E-state index contributed by atoms with van der Waals surface area (Å²) in [7, 11) is 1.41. The molecule has 1 aromatic heterocycles. The van der Waals surface area contributed by atoms with E-state index < -0.39 is 17.7 Å². The molecule has 36 heavy (non-hydrogen) atoms. The highest BCUT2D eigenvalue weighted by molar-refractivity contribution is 9.10. The van der Waals surface area contributed by atoms with Gasteiger partial charge in [0, 0.05) is 5.56 Å². The monoisotopic (exact) mass is 564 g/mol. The molecule has 1 atom stereocenters. The molecule has 0 radical (unpaired) electrons. The van der Waals surface area contributed by atoms with Crippen molar-refractivity contribution in [3.63, 3.8) is 0 Å². The lowest BCUT2D eigenvalue weighted by Gasteiger charge is -2.24. The summed E-state index contributed by atoms with van der Waals surface area (Å²) in [5.41, 5.74) is 3.53. The number of hydrogen-bond donors (Lipinski definition) is 2. The minimum absolute atomic E-state index is 0.0704. The van der Waals surface area contributed by atoms with Gasteiger partial charge >= 0.3 is 5.91 Å². The summed E-state index contributed by atoms with van der Waals surface area (Å²) < 4.78 is 6.50. The number of aliphatic hydroxyl groups excluding tert-OH is 1. The first-order valence-corrected chi connectivity index (χ1v) is 12.6. The van der Waals surface area contributed by atoms with Gasteiger partial charge in [-0.15, -0.1) is 0 Å². The molecule has 1 amide bonds. The van der Waals surface area contributed by atoms with E-state index in [9.17, 15) is 19.8 Å². The smallest absolute Gasteiger partial charge is 0.301 e. The van der Waals surface area contributed by atoms with Crippen molar-refractivity contribution in [2.24, 2.45) is 0 Å². The fourth-order valence-electron chi connectivity index (χ4n) is 4.24. The van der Waals surface area contributed by atoms with Crippen LogP contribution in [-0.4, -0.2) is 34.0 Å². The van der Waals surface area contributed by atoms with Crippen LogP contribution in [0.1, 0.15) is 28.3 Å². The largest absolute Gasteiger partial charge is 0.507 e. The minimum Gasteiger partial charge on any atom is -0.507 e. The first kappa shape index (κ1) is 24.0. The maximum atomic E-state index is 13.4. The number of hydrogen-bond acceptors (Lipinski definition) is 7. The molecule has 0 bridgehead atoms. The van der Waals surface area contributed by atoms with E-state index in [-0.39, 0.29) is 22.8 Å². The highest BCUT2D eigenvalue weighted by atomic mass is 79.9. The summed E-state index contributed by atoms with van der Waals surface area (Å²) in [6.45, 7) is 3.88. The standard InChI is InChI=1S/C27H21BrN2O5S/c1-13-4-7-15(8-5-13)23(31)21-22(16-11-17(28)24(32)19(12-16)35-3)30(26(34)25(21)33)27-29-18-9-6-14(2)10-20(18)36-27/h4-12,22,31-32H,1-3H3/b23-21+. The zero-order valence-corrected chi connectivity index (χ0v) is 22.0. The Morgan fingerprint density at radius 1 is 1.06 bits per heavy atom. The summed E-state index contributed by atoms with van der Waals surface area (Å²) in [4.78, 5) is 32.8. The van der Waals surface area contributed by atoms with Crippen LogP contribution in [0.15, 0.2) is 64.6 Å². The Bertz CT molecular complexity index is 1580. The van der Waals surface area contributed by atoms with Crippen molar-refractivity contribution in [2.45, 2.75) is 19.9 Å². The molecule has 2 N–H and O–H groups in total. The second-order valence-electron chi connectivity index (χ2n) is 8.56. The Morgan fingerprint density at radius 3 is 2.44 bits per heavy atom. The molecule has 1 fully saturated rings. The fourth-order valence-corrected chi connectivity index (χ4v) is 5.79. The van der Waals surface area contributed by atoms with Gasteiger partial charge in [-0.05, 0) is 65.2 Å². The highest BCUT2D eigenvalue weighted by Crippen LogP contribution is 2.47. The van der Waals surface area contributed by atoms with Crippen LogP contribution >= 0.6 is 27.3 Å². The number of carbonyl (C=O) groups is 2. The Balaban J connectivity index is 1.77. The zero-order valence-electron chi connectivity index (χ0n) is 19.6. The maximum absolute atomic E-state index is 13.4. The third-order valence-electron chi connectivity index (χ3n) is 6.09. The number of benzene rings is 3. The molecule has 0 saturated carbocycles. The maximum Gasteiger partial charge on any atom is 0.301 e. The molecule has 0 aliphatic carbocycles. The van der Waals surface area contributed by atoms with E-state index in [0.29, 0.717) is 26.2 Å². The van der Waals surface area contributed by atoms with E-state index in [2.05, 4.69) is 20.9 Å². The van der Waals surface area contributed by atoms with Crippen molar-refractivity contribution >= 4 is 60.1 Å². The number of rotatable bonds is 4. The molecule has 1 saturated heterocycles. The molecule has 1 aliphatic heterocycles. The molecule has 2 heterocycles. The first-order valence-electron chi connectivity index (χ1n) is 11.0. The lowest BCUT2D eigenvalue weighted by Crippen LogP contribution is -2.29. The molecule has 182 valence electrons. The van der Waals surface area contributed by atoms with E-state index in [1.54, 1.807) is 24.3 Å². The quantitative estimate of drug-likeness (QED) is 0.179. The number of halogens is 1. The molecule has 5 rings (SSSR count). The van der Waals surface area contributed by atoms with Gasteiger partial charge in [0.05, 0.1) is 33.4 Å². The van der Waals surface area contributed by atoms with E-state index in [4.69, 9.17) is 4.74 Å². The number of Topliss-reactive ketones (excluding diaryl/α,β-unsaturated/α-hetero) is 1. The van der Waals surface area contributed by atoms with E-state index >= 15 is 0 Å². The van der Waals surface area contributed by atoms with Crippen molar-refractivity contribution in [3.8, 4) is 11.5 Å². The van der Waals surface area contributed by atoms with Gasteiger partial charge in [0.15, 0.2) is 16.6 Å². The number of anilines is 1. The van der Waals surface area contributed by atoms with E-state index in [1.807, 2.05) is 44.2 Å². The topological polar surface area (TPSA) is 100.0 Å². The van der Waals surface area contributed by atoms with Crippen LogP contribution in [0.4, 0.5) is 5.13 Å². The number of fused-ring (bicyclic) bond motifs is 1. The molecular formula is C27H21BrN2O5S. The van der Waals surface area contributed by atoms with Gasteiger partial charge in [-0.3, -0.25) is 14.5 Å². The second kappa shape index (κ2) is 9.07. The van der Waals surface area contributed by atoms with Gasteiger partial charge in [0.1, 0.15) is 5.76 Å². The molecule has 0 spiro atoms. The Labute approximate surface area is 219 Å². The third-order valence-corrected chi connectivity index (χ3v) is 7.72. The van der Waals surface area contributed by atoms with Crippen LogP contribution in [-0.2, 0) is 9.59 Å².